The lowest BCUT2D eigenvalue weighted by Gasteiger charge is -2.40. The average Bonchev–Trinajstić information content (AvgIpc) is 3.24. The van der Waals surface area contributed by atoms with Crippen LogP contribution in [0.3, 0.4) is 0 Å². The zero-order valence-electron chi connectivity index (χ0n) is 20.3. The van der Waals surface area contributed by atoms with Gasteiger partial charge in [0.2, 0.25) is 0 Å². The van der Waals surface area contributed by atoms with E-state index < -0.39 is 5.91 Å². The van der Waals surface area contributed by atoms with Gasteiger partial charge in [-0.3, -0.25) is 14.3 Å². The number of nitrogens with zero attached hydrogens (tertiary/aromatic N) is 5. The Balaban J connectivity index is 1.31. The van der Waals surface area contributed by atoms with Crippen molar-refractivity contribution in [2.24, 2.45) is 12.8 Å². The highest BCUT2D eigenvalue weighted by Gasteiger charge is 2.31. The lowest BCUT2D eigenvalue weighted by molar-refractivity contribution is 0.00842. The Hall–Kier alpha value is -3.99. The van der Waals surface area contributed by atoms with Crippen LogP contribution in [0.25, 0.3) is 0 Å². The van der Waals surface area contributed by atoms with Crippen molar-refractivity contribution in [2.75, 3.05) is 30.0 Å². The van der Waals surface area contributed by atoms with Crippen molar-refractivity contribution in [3.63, 3.8) is 0 Å². The molecule has 36 heavy (non-hydrogen) atoms. The molecule has 5 rings (SSSR count). The summed E-state index contributed by atoms with van der Waals surface area (Å²) < 4.78 is 6.90. The molecule has 3 aromatic rings. The van der Waals surface area contributed by atoms with Crippen LogP contribution in [0, 0.1) is 0 Å². The summed E-state index contributed by atoms with van der Waals surface area (Å²) in [5.74, 6) is 0.522. The van der Waals surface area contributed by atoms with Crippen LogP contribution in [0.2, 0.25) is 0 Å². The fourth-order valence-electron chi connectivity index (χ4n) is 4.65. The van der Waals surface area contributed by atoms with Gasteiger partial charge >= 0.3 is 0 Å². The zero-order valence-corrected chi connectivity index (χ0v) is 20.3. The van der Waals surface area contributed by atoms with Gasteiger partial charge in [-0.15, -0.1) is 0 Å². The first kappa shape index (κ1) is 23.7. The smallest absolute Gasteiger partial charge is 0.271 e. The van der Waals surface area contributed by atoms with E-state index in [9.17, 15) is 9.59 Å². The van der Waals surface area contributed by atoms with Crippen molar-refractivity contribution < 1.29 is 14.3 Å². The molecule has 0 spiro atoms. The molecule has 2 fully saturated rings. The van der Waals surface area contributed by atoms with E-state index in [-0.39, 0.29) is 29.5 Å². The molecule has 2 atom stereocenters. The second-order valence-electron chi connectivity index (χ2n) is 9.33. The van der Waals surface area contributed by atoms with Crippen molar-refractivity contribution in [3.05, 3.63) is 59.7 Å². The van der Waals surface area contributed by atoms with Crippen molar-refractivity contribution in [1.82, 2.24) is 25.1 Å². The van der Waals surface area contributed by atoms with Crippen LogP contribution in [0.5, 0.6) is 0 Å². The molecular weight excluding hydrogens is 460 g/mol. The van der Waals surface area contributed by atoms with Crippen LogP contribution in [-0.4, -0.2) is 63.4 Å². The highest BCUT2D eigenvalue weighted by molar-refractivity contribution is 5.96. The topological polar surface area (TPSA) is 140 Å². The molecule has 4 N–H and O–H groups in total. The van der Waals surface area contributed by atoms with E-state index in [1.165, 1.54) is 5.56 Å². The standard InChI is InChI=1S/C25H30N8O3/c1-15-20(30-25(35)17-7-5-16(6-8-17)18-13-36-14-18)4-3-9-33(15)21-11-27-22(23(26)34)24(31-21)29-19-10-28-32(2)12-19/h5-8,10-12,15,18,20H,3-4,9,13-14H2,1-2H3,(H2,26,34)(H,29,31)(H,30,35)/t15-,20-/m1/s1. The molecular formula is C25H30N8O3. The Morgan fingerprint density at radius 1 is 1.17 bits per heavy atom. The minimum absolute atomic E-state index is 0.0333. The van der Waals surface area contributed by atoms with E-state index in [1.54, 1.807) is 30.3 Å². The van der Waals surface area contributed by atoms with Crippen LogP contribution >= 0.6 is 0 Å². The van der Waals surface area contributed by atoms with Crippen molar-refractivity contribution in [2.45, 2.75) is 37.8 Å². The maximum absolute atomic E-state index is 13.0. The van der Waals surface area contributed by atoms with E-state index >= 15 is 0 Å². The number of hydrogen-bond acceptors (Lipinski definition) is 8. The molecule has 2 aromatic heterocycles. The number of primary amides is 1. The summed E-state index contributed by atoms with van der Waals surface area (Å²) >= 11 is 0. The lowest BCUT2D eigenvalue weighted by Crippen LogP contribution is -2.54. The SMILES string of the molecule is C[C@@H]1[C@H](NC(=O)c2ccc(C3COC3)cc2)CCCN1c1cnc(C(N)=O)c(Nc2cnn(C)c2)n1. The highest BCUT2D eigenvalue weighted by atomic mass is 16.5. The van der Waals surface area contributed by atoms with Gasteiger partial charge in [-0.05, 0) is 37.5 Å². The summed E-state index contributed by atoms with van der Waals surface area (Å²) in [7, 11) is 1.80. The van der Waals surface area contributed by atoms with E-state index in [0.717, 1.165) is 32.6 Å². The predicted octanol–water partition coefficient (Wildman–Crippen LogP) is 1.95. The Kier molecular flexibility index (Phi) is 6.55. The molecule has 0 saturated carbocycles. The maximum Gasteiger partial charge on any atom is 0.271 e. The third-order valence-corrected chi connectivity index (χ3v) is 6.84. The van der Waals surface area contributed by atoms with Crippen LogP contribution in [0.4, 0.5) is 17.3 Å². The third kappa shape index (κ3) is 4.87. The quantitative estimate of drug-likeness (QED) is 0.457. The fourth-order valence-corrected chi connectivity index (χ4v) is 4.65. The number of nitrogens with two attached hydrogens (primary N) is 1. The summed E-state index contributed by atoms with van der Waals surface area (Å²) in [5, 5.41) is 10.4. The van der Waals surface area contributed by atoms with Gasteiger partial charge in [0.25, 0.3) is 11.8 Å². The number of rotatable bonds is 7. The maximum atomic E-state index is 13.0. The number of ether oxygens (including phenoxy) is 1. The number of carbonyl (C=O) groups excluding carboxylic acids is 2. The zero-order chi connectivity index (χ0) is 25.2. The molecule has 4 heterocycles. The minimum Gasteiger partial charge on any atom is -0.380 e. The molecule has 0 radical (unpaired) electrons. The minimum atomic E-state index is -0.673. The summed E-state index contributed by atoms with van der Waals surface area (Å²) in [6.45, 7) is 4.29. The second kappa shape index (κ2) is 9.94. The molecule has 0 aliphatic carbocycles. The molecule has 11 heteroatoms. The summed E-state index contributed by atoms with van der Waals surface area (Å²) in [6.07, 6.45) is 6.68. The third-order valence-electron chi connectivity index (χ3n) is 6.84. The van der Waals surface area contributed by atoms with Gasteiger partial charge in [0.05, 0.1) is 31.3 Å². The summed E-state index contributed by atoms with van der Waals surface area (Å²) in [4.78, 5) is 36.0. The summed E-state index contributed by atoms with van der Waals surface area (Å²) in [6, 6.07) is 7.65. The Labute approximate surface area is 209 Å². The van der Waals surface area contributed by atoms with Crippen LogP contribution in [-0.2, 0) is 11.8 Å². The molecule has 0 unspecified atom stereocenters. The van der Waals surface area contributed by atoms with Gasteiger partial charge in [0.15, 0.2) is 11.5 Å². The van der Waals surface area contributed by atoms with Gasteiger partial charge in [-0.2, -0.15) is 5.10 Å². The molecule has 2 amide bonds. The number of carbonyl (C=O) groups is 2. The summed E-state index contributed by atoms with van der Waals surface area (Å²) in [5.41, 5.74) is 8.08. The van der Waals surface area contributed by atoms with E-state index in [4.69, 9.17) is 10.5 Å². The number of aromatic nitrogens is 4. The van der Waals surface area contributed by atoms with Crippen LogP contribution in [0.15, 0.2) is 42.9 Å². The largest absolute Gasteiger partial charge is 0.380 e. The Morgan fingerprint density at radius 2 is 1.94 bits per heavy atom. The van der Waals surface area contributed by atoms with Crippen molar-refractivity contribution in [1.29, 1.82) is 0 Å². The Bertz CT molecular complexity index is 1250. The van der Waals surface area contributed by atoms with E-state index in [2.05, 4.69) is 37.5 Å². The number of aryl methyl sites for hydroxylation is 1. The van der Waals surface area contributed by atoms with Gasteiger partial charge in [-0.1, -0.05) is 12.1 Å². The number of nitrogens with one attached hydrogen (secondary N) is 2. The Morgan fingerprint density at radius 3 is 2.58 bits per heavy atom. The molecule has 2 aliphatic heterocycles. The number of anilines is 3. The lowest BCUT2D eigenvalue weighted by atomic mass is 9.95. The monoisotopic (exact) mass is 490 g/mol. The highest BCUT2D eigenvalue weighted by Crippen LogP contribution is 2.27. The molecule has 188 valence electrons. The fraction of sp³-hybridized carbons (Fsp3) is 0.400. The molecule has 2 saturated heterocycles. The second-order valence-corrected chi connectivity index (χ2v) is 9.33. The van der Waals surface area contributed by atoms with Crippen LogP contribution in [0.1, 0.15) is 52.1 Å². The average molecular weight is 491 g/mol. The van der Waals surface area contributed by atoms with Gasteiger partial charge in [-0.25, -0.2) is 9.97 Å². The van der Waals surface area contributed by atoms with E-state index in [0.29, 0.717) is 23.0 Å². The molecule has 11 nitrogen and oxygen atoms in total. The first-order chi connectivity index (χ1) is 17.4. The number of hydrogen-bond donors (Lipinski definition) is 3. The normalized spacial score (nSPS) is 20.0. The number of amides is 2. The number of benzene rings is 1. The van der Waals surface area contributed by atoms with Crippen molar-refractivity contribution in [3.8, 4) is 0 Å². The number of piperidine rings is 1. The molecule has 1 aromatic carbocycles. The van der Waals surface area contributed by atoms with Crippen LogP contribution < -0.4 is 21.3 Å². The van der Waals surface area contributed by atoms with Crippen molar-refractivity contribution >= 4 is 29.1 Å². The van der Waals surface area contributed by atoms with Gasteiger partial charge in [0.1, 0.15) is 5.82 Å². The first-order valence-corrected chi connectivity index (χ1v) is 12.1. The van der Waals surface area contributed by atoms with Gasteiger partial charge < -0.3 is 26.0 Å². The predicted molar refractivity (Wildman–Crippen MR) is 134 cm³/mol. The molecule has 2 aliphatic rings. The first-order valence-electron chi connectivity index (χ1n) is 12.1. The molecule has 0 bridgehead atoms. The van der Waals surface area contributed by atoms with Gasteiger partial charge in [0, 0.05) is 43.4 Å². The van der Waals surface area contributed by atoms with E-state index in [1.807, 2.05) is 24.3 Å².